The van der Waals surface area contributed by atoms with Gasteiger partial charge in [-0.3, -0.25) is 4.68 Å². The van der Waals surface area contributed by atoms with Crippen LogP contribution in [-0.2, 0) is 17.1 Å². The van der Waals surface area contributed by atoms with Gasteiger partial charge in [-0.1, -0.05) is 0 Å². The highest BCUT2D eigenvalue weighted by atomic mass is 32.2. The summed E-state index contributed by atoms with van der Waals surface area (Å²) < 4.78 is 28.8. The van der Waals surface area contributed by atoms with Crippen LogP contribution in [0.5, 0.6) is 0 Å². The summed E-state index contributed by atoms with van der Waals surface area (Å²) in [5, 5.41) is 17.5. The molecule has 0 amide bonds. The molecule has 1 fully saturated rings. The molecule has 1 aliphatic rings. The molecule has 3 N–H and O–H groups in total. The van der Waals surface area contributed by atoms with E-state index < -0.39 is 15.6 Å². The molecular weight excluding hydrogens is 280 g/mol. The van der Waals surface area contributed by atoms with Crippen LogP contribution >= 0.6 is 0 Å². The molecule has 1 aliphatic heterocycles. The van der Waals surface area contributed by atoms with E-state index in [9.17, 15) is 13.5 Å². The van der Waals surface area contributed by atoms with Gasteiger partial charge in [0.25, 0.3) is 0 Å². The molecular formula is C12H22N4O3S. The molecule has 0 aromatic carbocycles. The Morgan fingerprint density at radius 3 is 2.70 bits per heavy atom. The van der Waals surface area contributed by atoms with Crippen molar-refractivity contribution in [3.63, 3.8) is 0 Å². The minimum absolute atomic E-state index is 0.0100. The average Bonchev–Trinajstić information content (AvgIpc) is 2.63. The van der Waals surface area contributed by atoms with Crippen LogP contribution < -0.4 is 10.0 Å². The molecule has 0 radical (unpaired) electrons. The van der Waals surface area contributed by atoms with Crippen molar-refractivity contribution in [2.75, 3.05) is 19.6 Å². The van der Waals surface area contributed by atoms with E-state index >= 15 is 0 Å². The quantitative estimate of drug-likeness (QED) is 0.692. The fourth-order valence-electron chi connectivity index (χ4n) is 2.55. The van der Waals surface area contributed by atoms with Crippen LogP contribution in [0.3, 0.4) is 0 Å². The number of nitrogens with one attached hydrogen (secondary N) is 2. The van der Waals surface area contributed by atoms with Crippen molar-refractivity contribution >= 4 is 10.0 Å². The average molecular weight is 302 g/mol. The summed E-state index contributed by atoms with van der Waals surface area (Å²) in [5.41, 5.74) is 0.0324. The molecule has 2 heterocycles. The van der Waals surface area contributed by atoms with Crippen LogP contribution in [0.15, 0.2) is 4.90 Å². The SMILES string of the molecule is Cc1nn(C)c(C)c1S(=O)(=O)NCC1(O)CCCNC1. The smallest absolute Gasteiger partial charge is 0.244 e. The molecule has 0 bridgehead atoms. The van der Waals surface area contributed by atoms with Gasteiger partial charge in [0, 0.05) is 20.1 Å². The van der Waals surface area contributed by atoms with E-state index in [2.05, 4.69) is 15.1 Å². The summed E-state index contributed by atoms with van der Waals surface area (Å²) in [6.45, 7) is 4.65. The van der Waals surface area contributed by atoms with Gasteiger partial charge < -0.3 is 10.4 Å². The number of aromatic nitrogens is 2. The van der Waals surface area contributed by atoms with Crippen LogP contribution in [-0.4, -0.2) is 48.5 Å². The fourth-order valence-corrected chi connectivity index (χ4v) is 4.10. The van der Waals surface area contributed by atoms with Crippen molar-refractivity contribution in [1.29, 1.82) is 0 Å². The summed E-state index contributed by atoms with van der Waals surface area (Å²) in [5.74, 6) is 0. The first kappa shape index (κ1) is 15.4. The minimum Gasteiger partial charge on any atom is -0.387 e. The monoisotopic (exact) mass is 302 g/mol. The third-order valence-corrected chi connectivity index (χ3v) is 5.41. The lowest BCUT2D eigenvalue weighted by atomic mass is 9.95. The maximum atomic E-state index is 12.4. The van der Waals surface area contributed by atoms with Crippen LogP contribution in [0.1, 0.15) is 24.2 Å². The standard InChI is InChI=1S/C12H22N4O3S/c1-9-11(10(2)16(3)15-9)20(18,19)14-8-12(17)5-4-6-13-7-12/h13-14,17H,4-8H2,1-3H3. The summed E-state index contributed by atoms with van der Waals surface area (Å²) in [4.78, 5) is 0.201. The Kier molecular flexibility index (Phi) is 4.19. The van der Waals surface area contributed by atoms with Gasteiger partial charge in [-0.05, 0) is 33.2 Å². The van der Waals surface area contributed by atoms with Gasteiger partial charge in [-0.2, -0.15) is 5.10 Å². The predicted octanol–water partition coefficient (Wildman–Crippen LogP) is -0.570. The lowest BCUT2D eigenvalue weighted by molar-refractivity contribution is 0.0218. The van der Waals surface area contributed by atoms with Gasteiger partial charge in [-0.25, -0.2) is 13.1 Å². The highest BCUT2D eigenvalue weighted by Crippen LogP contribution is 2.20. The van der Waals surface area contributed by atoms with E-state index in [-0.39, 0.29) is 11.4 Å². The van der Waals surface area contributed by atoms with E-state index in [0.29, 0.717) is 24.4 Å². The Balaban J connectivity index is 2.15. The van der Waals surface area contributed by atoms with Crippen LogP contribution in [0.25, 0.3) is 0 Å². The van der Waals surface area contributed by atoms with Crippen molar-refractivity contribution in [3.8, 4) is 0 Å². The van der Waals surface area contributed by atoms with Crippen LogP contribution in [0.2, 0.25) is 0 Å². The molecule has 1 aromatic rings. The summed E-state index contributed by atoms with van der Waals surface area (Å²) in [6.07, 6.45) is 1.43. The zero-order chi connectivity index (χ0) is 15.0. The number of hydrogen-bond donors (Lipinski definition) is 3. The molecule has 7 nitrogen and oxygen atoms in total. The second kappa shape index (κ2) is 5.44. The van der Waals surface area contributed by atoms with E-state index in [1.54, 1.807) is 25.6 Å². The molecule has 8 heteroatoms. The Hall–Kier alpha value is -0.960. The zero-order valence-electron chi connectivity index (χ0n) is 12.1. The molecule has 1 aromatic heterocycles. The second-order valence-electron chi connectivity index (χ2n) is 5.45. The van der Waals surface area contributed by atoms with E-state index in [4.69, 9.17) is 0 Å². The third-order valence-electron chi connectivity index (χ3n) is 3.75. The number of sulfonamides is 1. The summed E-state index contributed by atoms with van der Waals surface area (Å²) in [7, 11) is -1.95. The highest BCUT2D eigenvalue weighted by molar-refractivity contribution is 7.89. The molecule has 0 spiro atoms. The molecule has 114 valence electrons. The number of hydrogen-bond acceptors (Lipinski definition) is 5. The first-order chi connectivity index (χ1) is 9.25. The van der Waals surface area contributed by atoms with E-state index in [1.807, 2.05) is 0 Å². The van der Waals surface area contributed by atoms with E-state index in [0.717, 1.165) is 13.0 Å². The zero-order valence-corrected chi connectivity index (χ0v) is 12.9. The Bertz CT molecular complexity index is 588. The molecule has 2 rings (SSSR count). The van der Waals surface area contributed by atoms with Gasteiger partial charge >= 0.3 is 0 Å². The lowest BCUT2D eigenvalue weighted by Gasteiger charge is -2.32. The minimum atomic E-state index is -3.66. The van der Waals surface area contributed by atoms with Gasteiger partial charge in [-0.15, -0.1) is 0 Å². The normalized spacial score (nSPS) is 24.0. The van der Waals surface area contributed by atoms with Crippen molar-refractivity contribution in [2.45, 2.75) is 37.2 Å². The summed E-state index contributed by atoms with van der Waals surface area (Å²) in [6, 6.07) is 0. The van der Waals surface area contributed by atoms with Gasteiger partial charge in [0.05, 0.1) is 17.0 Å². The Labute approximate surface area is 119 Å². The van der Waals surface area contributed by atoms with Crippen molar-refractivity contribution in [1.82, 2.24) is 19.8 Å². The number of aliphatic hydroxyl groups is 1. The van der Waals surface area contributed by atoms with Crippen molar-refractivity contribution < 1.29 is 13.5 Å². The molecule has 0 saturated carbocycles. The maximum absolute atomic E-state index is 12.4. The second-order valence-corrected chi connectivity index (χ2v) is 7.16. The number of rotatable bonds is 4. The van der Waals surface area contributed by atoms with Gasteiger partial charge in [0.1, 0.15) is 4.90 Å². The number of nitrogens with zero attached hydrogens (tertiary/aromatic N) is 2. The predicted molar refractivity (Wildman–Crippen MR) is 74.9 cm³/mol. The number of piperidine rings is 1. The Morgan fingerprint density at radius 1 is 1.50 bits per heavy atom. The molecule has 1 saturated heterocycles. The maximum Gasteiger partial charge on any atom is 0.244 e. The molecule has 1 unspecified atom stereocenters. The first-order valence-electron chi connectivity index (χ1n) is 6.68. The first-order valence-corrected chi connectivity index (χ1v) is 8.16. The molecule has 0 aliphatic carbocycles. The number of β-amino-alcohol motifs (C(OH)–C–C–N with tert-alkyl or cyclic N) is 1. The fraction of sp³-hybridized carbons (Fsp3) is 0.750. The van der Waals surface area contributed by atoms with Crippen LogP contribution in [0, 0.1) is 13.8 Å². The molecule has 1 atom stereocenters. The van der Waals surface area contributed by atoms with Crippen molar-refractivity contribution in [2.24, 2.45) is 7.05 Å². The number of aryl methyl sites for hydroxylation is 2. The van der Waals surface area contributed by atoms with Crippen LogP contribution in [0.4, 0.5) is 0 Å². The highest BCUT2D eigenvalue weighted by Gasteiger charge is 2.32. The molecule has 20 heavy (non-hydrogen) atoms. The Morgan fingerprint density at radius 2 is 2.20 bits per heavy atom. The topological polar surface area (TPSA) is 96.2 Å². The van der Waals surface area contributed by atoms with Crippen molar-refractivity contribution in [3.05, 3.63) is 11.4 Å². The largest absolute Gasteiger partial charge is 0.387 e. The van der Waals surface area contributed by atoms with E-state index in [1.165, 1.54) is 0 Å². The third kappa shape index (κ3) is 3.03. The van der Waals surface area contributed by atoms with Gasteiger partial charge in [0.2, 0.25) is 10.0 Å². The lowest BCUT2D eigenvalue weighted by Crippen LogP contribution is -2.52. The summed E-state index contributed by atoms with van der Waals surface area (Å²) >= 11 is 0. The van der Waals surface area contributed by atoms with Gasteiger partial charge in [0.15, 0.2) is 0 Å².